The van der Waals surface area contributed by atoms with Gasteiger partial charge < -0.3 is 5.11 Å². The van der Waals surface area contributed by atoms with Gasteiger partial charge in [0, 0.05) is 0 Å². The quantitative estimate of drug-likeness (QED) is 0.751. The average molecular weight is 178 g/mol. The molecule has 0 spiro atoms. The summed E-state index contributed by atoms with van der Waals surface area (Å²) in [6.45, 7) is 4.47. The number of hydrogen-bond acceptors (Lipinski definition) is 1. The van der Waals surface area contributed by atoms with Gasteiger partial charge in [0.25, 0.3) is 0 Å². The van der Waals surface area contributed by atoms with Crippen LogP contribution in [-0.2, 0) is 13.0 Å². The summed E-state index contributed by atoms with van der Waals surface area (Å²) in [6.07, 6.45) is 3.65. The second kappa shape index (κ2) is 5.03. The molecule has 1 nitrogen and oxygen atoms in total. The minimum Gasteiger partial charge on any atom is -0.392 e. The third-order valence-corrected chi connectivity index (χ3v) is 2.39. The highest BCUT2D eigenvalue weighted by molar-refractivity contribution is 5.30. The van der Waals surface area contributed by atoms with Crippen molar-refractivity contribution in [2.75, 3.05) is 0 Å². The lowest BCUT2D eigenvalue weighted by Gasteiger charge is -2.06. The molecule has 72 valence electrons. The van der Waals surface area contributed by atoms with Crippen molar-refractivity contribution in [2.24, 2.45) is 0 Å². The Kier molecular flexibility index (Phi) is 3.97. The summed E-state index contributed by atoms with van der Waals surface area (Å²) < 4.78 is 0. The highest BCUT2D eigenvalue weighted by Crippen LogP contribution is 2.13. The molecule has 0 bridgehead atoms. The monoisotopic (exact) mass is 178 g/mol. The molecule has 0 aliphatic rings. The maximum Gasteiger partial charge on any atom is 0.0681 e. The molecular weight excluding hydrogens is 160 g/mol. The molecule has 1 aromatic rings. The van der Waals surface area contributed by atoms with Crippen LogP contribution in [0.3, 0.4) is 0 Å². The van der Waals surface area contributed by atoms with Gasteiger partial charge in [0.1, 0.15) is 0 Å². The van der Waals surface area contributed by atoms with Crippen molar-refractivity contribution in [1.82, 2.24) is 0 Å². The average Bonchev–Trinajstić information content (AvgIpc) is 2.16. The van der Waals surface area contributed by atoms with Gasteiger partial charge in [-0.3, -0.25) is 0 Å². The van der Waals surface area contributed by atoms with Crippen LogP contribution in [0.1, 0.15) is 36.5 Å². The lowest BCUT2D eigenvalue weighted by molar-refractivity contribution is 0.281. The van der Waals surface area contributed by atoms with E-state index in [1.165, 1.54) is 24.0 Å². The molecule has 0 saturated heterocycles. The van der Waals surface area contributed by atoms with Crippen molar-refractivity contribution in [3.8, 4) is 0 Å². The number of rotatable bonds is 4. The predicted molar refractivity (Wildman–Crippen MR) is 55.7 cm³/mol. The lowest BCUT2D eigenvalue weighted by Crippen LogP contribution is -1.92. The number of aliphatic hydroxyl groups excluding tert-OH is 1. The standard InChI is InChI=1S/C12H18O/c1-3-4-5-12-7-6-11(9-13)8-10(12)2/h6-8,13H,3-5,9H2,1-2H3. The molecule has 0 saturated carbocycles. The molecule has 0 atom stereocenters. The van der Waals surface area contributed by atoms with Crippen molar-refractivity contribution >= 4 is 0 Å². The summed E-state index contributed by atoms with van der Waals surface area (Å²) in [4.78, 5) is 0. The van der Waals surface area contributed by atoms with Crippen molar-refractivity contribution in [1.29, 1.82) is 0 Å². The SMILES string of the molecule is CCCCc1ccc(CO)cc1C. The highest BCUT2D eigenvalue weighted by Gasteiger charge is 1.98. The van der Waals surface area contributed by atoms with Crippen molar-refractivity contribution in [2.45, 2.75) is 39.7 Å². The molecule has 1 rings (SSSR count). The Morgan fingerprint density at radius 1 is 1.31 bits per heavy atom. The molecule has 0 heterocycles. The maximum absolute atomic E-state index is 8.93. The molecular formula is C12H18O. The number of aliphatic hydroxyl groups is 1. The topological polar surface area (TPSA) is 20.2 Å². The lowest BCUT2D eigenvalue weighted by atomic mass is 10.0. The first-order chi connectivity index (χ1) is 6.27. The van der Waals surface area contributed by atoms with Gasteiger partial charge in [-0.25, -0.2) is 0 Å². The van der Waals surface area contributed by atoms with E-state index in [1.807, 2.05) is 6.07 Å². The fraction of sp³-hybridized carbons (Fsp3) is 0.500. The van der Waals surface area contributed by atoms with Crippen LogP contribution >= 0.6 is 0 Å². The van der Waals surface area contributed by atoms with Gasteiger partial charge in [0.2, 0.25) is 0 Å². The van der Waals surface area contributed by atoms with E-state index in [0.29, 0.717) is 0 Å². The second-order valence-corrected chi connectivity index (χ2v) is 3.52. The third-order valence-electron chi connectivity index (χ3n) is 2.39. The van der Waals surface area contributed by atoms with Gasteiger partial charge in [-0.15, -0.1) is 0 Å². The van der Waals surface area contributed by atoms with E-state index in [-0.39, 0.29) is 6.61 Å². The van der Waals surface area contributed by atoms with Crippen LogP contribution in [0.4, 0.5) is 0 Å². The van der Waals surface area contributed by atoms with E-state index in [9.17, 15) is 0 Å². The summed E-state index contributed by atoms with van der Waals surface area (Å²) in [6, 6.07) is 6.22. The second-order valence-electron chi connectivity index (χ2n) is 3.52. The van der Waals surface area contributed by atoms with Crippen LogP contribution in [-0.4, -0.2) is 5.11 Å². The first-order valence-electron chi connectivity index (χ1n) is 4.97. The molecule has 1 heteroatoms. The molecule has 1 aromatic carbocycles. The summed E-state index contributed by atoms with van der Waals surface area (Å²) >= 11 is 0. The Balaban J connectivity index is 2.73. The van der Waals surface area contributed by atoms with E-state index in [1.54, 1.807) is 0 Å². The van der Waals surface area contributed by atoms with Crippen molar-refractivity contribution in [3.05, 3.63) is 34.9 Å². The van der Waals surface area contributed by atoms with E-state index in [0.717, 1.165) is 12.0 Å². The minimum atomic E-state index is 0.148. The predicted octanol–water partition coefficient (Wildman–Crippen LogP) is 2.83. The van der Waals surface area contributed by atoms with Crippen LogP contribution in [0.5, 0.6) is 0 Å². The molecule has 0 radical (unpaired) electrons. The zero-order valence-electron chi connectivity index (χ0n) is 8.51. The number of hydrogen-bond donors (Lipinski definition) is 1. The number of unbranched alkanes of at least 4 members (excludes halogenated alkanes) is 1. The Morgan fingerprint density at radius 3 is 2.62 bits per heavy atom. The zero-order valence-corrected chi connectivity index (χ0v) is 8.51. The first-order valence-corrected chi connectivity index (χ1v) is 4.97. The summed E-state index contributed by atoms with van der Waals surface area (Å²) in [5.74, 6) is 0. The minimum absolute atomic E-state index is 0.148. The van der Waals surface area contributed by atoms with Gasteiger partial charge >= 0.3 is 0 Å². The molecule has 0 unspecified atom stereocenters. The third kappa shape index (κ3) is 2.85. The van der Waals surface area contributed by atoms with Crippen LogP contribution in [0.15, 0.2) is 18.2 Å². The smallest absolute Gasteiger partial charge is 0.0681 e. The molecule has 0 amide bonds. The summed E-state index contributed by atoms with van der Waals surface area (Å²) in [5, 5.41) is 8.93. The Labute approximate surface area is 80.4 Å². The molecule has 1 N–H and O–H groups in total. The van der Waals surface area contributed by atoms with E-state index in [4.69, 9.17) is 5.11 Å². The fourth-order valence-corrected chi connectivity index (χ4v) is 1.50. The molecule has 0 aliphatic carbocycles. The van der Waals surface area contributed by atoms with Crippen LogP contribution in [0.25, 0.3) is 0 Å². The molecule has 0 aromatic heterocycles. The Hall–Kier alpha value is -0.820. The number of benzene rings is 1. The summed E-state index contributed by atoms with van der Waals surface area (Å²) in [5.41, 5.74) is 3.73. The van der Waals surface area contributed by atoms with Crippen molar-refractivity contribution in [3.63, 3.8) is 0 Å². The molecule has 0 aliphatic heterocycles. The Bertz CT molecular complexity index is 266. The van der Waals surface area contributed by atoms with Crippen LogP contribution in [0.2, 0.25) is 0 Å². The van der Waals surface area contributed by atoms with Gasteiger partial charge in [-0.1, -0.05) is 31.5 Å². The van der Waals surface area contributed by atoms with Gasteiger partial charge in [0.15, 0.2) is 0 Å². The first kappa shape index (κ1) is 10.3. The fourth-order valence-electron chi connectivity index (χ4n) is 1.50. The van der Waals surface area contributed by atoms with Gasteiger partial charge in [-0.2, -0.15) is 0 Å². The zero-order chi connectivity index (χ0) is 9.68. The highest BCUT2D eigenvalue weighted by atomic mass is 16.3. The summed E-state index contributed by atoms with van der Waals surface area (Å²) in [7, 11) is 0. The normalized spacial score (nSPS) is 10.4. The molecule has 13 heavy (non-hydrogen) atoms. The largest absolute Gasteiger partial charge is 0.392 e. The van der Waals surface area contributed by atoms with E-state index < -0.39 is 0 Å². The van der Waals surface area contributed by atoms with Gasteiger partial charge in [0.05, 0.1) is 6.61 Å². The maximum atomic E-state index is 8.93. The van der Waals surface area contributed by atoms with Crippen LogP contribution in [0, 0.1) is 6.92 Å². The van der Waals surface area contributed by atoms with Crippen molar-refractivity contribution < 1.29 is 5.11 Å². The van der Waals surface area contributed by atoms with Crippen LogP contribution < -0.4 is 0 Å². The number of aryl methyl sites for hydroxylation is 2. The Morgan fingerprint density at radius 2 is 2.08 bits per heavy atom. The van der Waals surface area contributed by atoms with E-state index in [2.05, 4.69) is 26.0 Å². The molecule has 0 fully saturated rings. The van der Waals surface area contributed by atoms with Gasteiger partial charge in [-0.05, 0) is 36.5 Å². The van der Waals surface area contributed by atoms with E-state index >= 15 is 0 Å².